The average Bonchev–Trinajstić information content (AvgIpc) is 2.76. The molecule has 1 unspecified atom stereocenters. The number of hydrogen-bond donors (Lipinski definition) is 1. The Bertz CT molecular complexity index is 1040. The number of methoxy groups -OCH3 is 3. The van der Waals surface area contributed by atoms with Crippen LogP contribution in [0, 0.1) is 0 Å². The van der Waals surface area contributed by atoms with Gasteiger partial charge in [-0.1, -0.05) is 30.3 Å². The molecule has 1 atom stereocenters. The third-order valence-electron chi connectivity index (χ3n) is 5.37. The number of fused-ring (bicyclic) bond motifs is 2. The molecular formula is C23H23NO4. The highest BCUT2D eigenvalue weighted by Gasteiger charge is 2.26. The Morgan fingerprint density at radius 2 is 1.64 bits per heavy atom. The molecule has 0 saturated carbocycles. The fourth-order valence-electron chi connectivity index (χ4n) is 4.02. The van der Waals surface area contributed by atoms with Crippen LogP contribution < -0.4 is 14.8 Å². The number of carbonyl (C=O) groups excluding carboxylic acids is 1. The maximum Gasteiger partial charge on any atom is 0.338 e. The molecule has 5 heteroatoms. The van der Waals surface area contributed by atoms with E-state index in [0.717, 1.165) is 35.1 Å². The van der Waals surface area contributed by atoms with Crippen molar-refractivity contribution in [3.8, 4) is 11.5 Å². The molecular weight excluding hydrogens is 354 g/mol. The van der Waals surface area contributed by atoms with E-state index in [1.165, 1.54) is 18.2 Å². The Kier molecular flexibility index (Phi) is 4.92. The highest BCUT2D eigenvalue weighted by molar-refractivity contribution is 6.05. The molecule has 144 valence electrons. The van der Waals surface area contributed by atoms with Crippen LogP contribution in [-0.4, -0.2) is 33.8 Å². The minimum atomic E-state index is -0.328. The van der Waals surface area contributed by atoms with Gasteiger partial charge in [0, 0.05) is 6.54 Å². The van der Waals surface area contributed by atoms with Crippen LogP contribution in [0.15, 0.2) is 48.5 Å². The summed E-state index contributed by atoms with van der Waals surface area (Å²) in [6.07, 6.45) is 0.921. The number of benzene rings is 3. The summed E-state index contributed by atoms with van der Waals surface area (Å²) >= 11 is 0. The van der Waals surface area contributed by atoms with Gasteiger partial charge in [-0.25, -0.2) is 4.79 Å². The van der Waals surface area contributed by atoms with Crippen LogP contribution in [-0.2, 0) is 11.2 Å². The van der Waals surface area contributed by atoms with Gasteiger partial charge in [0.25, 0.3) is 0 Å². The second-order valence-corrected chi connectivity index (χ2v) is 6.78. The number of esters is 1. The minimum Gasteiger partial charge on any atom is -0.493 e. The van der Waals surface area contributed by atoms with Gasteiger partial charge in [0.1, 0.15) is 0 Å². The van der Waals surface area contributed by atoms with Crippen LogP contribution in [0.25, 0.3) is 10.8 Å². The van der Waals surface area contributed by atoms with Gasteiger partial charge < -0.3 is 19.5 Å². The summed E-state index contributed by atoms with van der Waals surface area (Å²) < 4.78 is 16.0. The van der Waals surface area contributed by atoms with Crippen LogP contribution in [0.4, 0.5) is 0 Å². The zero-order valence-corrected chi connectivity index (χ0v) is 16.2. The third kappa shape index (κ3) is 2.98. The topological polar surface area (TPSA) is 56.8 Å². The molecule has 0 bridgehead atoms. The zero-order valence-electron chi connectivity index (χ0n) is 16.2. The Hall–Kier alpha value is -3.05. The molecule has 28 heavy (non-hydrogen) atoms. The van der Waals surface area contributed by atoms with Crippen molar-refractivity contribution in [1.29, 1.82) is 0 Å². The maximum absolute atomic E-state index is 12.2. The summed E-state index contributed by atoms with van der Waals surface area (Å²) in [5.74, 6) is 1.13. The summed E-state index contributed by atoms with van der Waals surface area (Å²) in [5.41, 5.74) is 4.10. The summed E-state index contributed by atoms with van der Waals surface area (Å²) in [6.45, 7) is 0.861. The number of carbonyl (C=O) groups is 1. The Morgan fingerprint density at radius 1 is 0.929 bits per heavy atom. The Balaban J connectivity index is 1.90. The molecule has 5 nitrogen and oxygen atoms in total. The number of ether oxygens (including phenoxy) is 3. The lowest BCUT2D eigenvalue weighted by Crippen LogP contribution is -2.31. The maximum atomic E-state index is 12.2. The van der Waals surface area contributed by atoms with Gasteiger partial charge >= 0.3 is 5.97 Å². The quantitative estimate of drug-likeness (QED) is 0.700. The average molecular weight is 377 g/mol. The summed E-state index contributed by atoms with van der Waals surface area (Å²) in [6, 6.07) is 15.9. The summed E-state index contributed by atoms with van der Waals surface area (Å²) in [5, 5.41) is 5.55. The molecule has 0 aliphatic carbocycles. The largest absolute Gasteiger partial charge is 0.493 e. The Morgan fingerprint density at radius 3 is 2.36 bits per heavy atom. The van der Waals surface area contributed by atoms with E-state index in [1.54, 1.807) is 14.2 Å². The summed E-state index contributed by atoms with van der Waals surface area (Å²) in [4.78, 5) is 12.2. The molecule has 0 fully saturated rings. The highest BCUT2D eigenvalue weighted by atomic mass is 16.5. The lowest BCUT2D eigenvalue weighted by atomic mass is 9.86. The first kappa shape index (κ1) is 18.3. The predicted molar refractivity (Wildman–Crippen MR) is 108 cm³/mol. The SMILES string of the molecule is COC(=O)c1ccc(C2NCCc3cc(OC)c(OC)cc32)c2ccccc12. The molecule has 1 N–H and O–H groups in total. The van der Waals surface area contributed by atoms with Crippen molar-refractivity contribution in [2.75, 3.05) is 27.9 Å². The van der Waals surface area contributed by atoms with E-state index >= 15 is 0 Å². The first-order valence-electron chi connectivity index (χ1n) is 9.26. The van der Waals surface area contributed by atoms with E-state index in [-0.39, 0.29) is 12.0 Å². The van der Waals surface area contributed by atoms with Crippen LogP contribution in [0.3, 0.4) is 0 Å². The molecule has 3 aromatic rings. The molecule has 0 amide bonds. The van der Waals surface area contributed by atoms with Gasteiger partial charge in [-0.2, -0.15) is 0 Å². The molecule has 0 saturated heterocycles. The molecule has 0 spiro atoms. The zero-order chi connectivity index (χ0) is 19.7. The van der Waals surface area contributed by atoms with Crippen molar-refractivity contribution in [3.05, 3.63) is 70.8 Å². The van der Waals surface area contributed by atoms with Crippen LogP contribution in [0.1, 0.15) is 33.1 Å². The first-order valence-corrected chi connectivity index (χ1v) is 9.26. The van der Waals surface area contributed by atoms with Crippen molar-refractivity contribution in [3.63, 3.8) is 0 Å². The second-order valence-electron chi connectivity index (χ2n) is 6.78. The third-order valence-corrected chi connectivity index (χ3v) is 5.37. The number of rotatable bonds is 4. The smallest absolute Gasteiger partial charge is 0.338 e. The first-order chi connectivity index (χ1) is 13.7. The fraction of sp³-hybridized carbons (Fsp3) is 0.261. The molecule has 3 aromatic carbocycles. The normalized spacial score (nSPS) is 15.8. The van der Waals surface area contributed by atoms with Crippen molar-refractivity contribution < 1.29 is 19.0 Å². The van der Waals surface area contributed by atoms with E-state index in [0.29, 0.717) is 11.3 Å². The minimum absolute atomic E-state index is 0.000142. The molecule has 0 aromatic heterocycles. The van der Waals surface area contributed by atoms with Gasteiger partial charge in [0.05, 0.1) is 32.9 Å². The van der Waals surface area contributed by atoms with Crippen LogP contribution in [0.5, 0.6) is 11.5 Å². The van der Waals surface area contributed by atoms with Gasteiger partial charge in [-0.05, 0) is 52.1 Å². The van der Waals surface area contributed by atoms with Gasteiger partial charge in [-0.15, -0.1) is 0 Å². The van der Waals surface area contributed by atoms with Gasteiger partial charge in [0.15, 0.2) is 11.5 Å². The monoisotopic (exact) mass is 377 g/mol. The van der Waals surface area contributed by atoms with E-state index in [9.17, 15) is 4.79 Å². The Labute approximate surface area is 164 Å². The van der Waals surface area contributed by atoms with E-state index in [1.807, 2.05) is 42.5 Å². The van der Waals surface area contributed by atoms with E-state index in [2.05, 4.69) is 11.4 Å². The van der Waals surface area contributed by atoms with Gasteiger partial charge in [0.2, 0.25) is 0 Å². The highest BCUT2D eigenvalue weighted by Crippen LogP contribution is 2.39. The molecule has 0 radical (unpaired) electrons. The van der Waals surface area contributed by atoms with E-state index in [4.69, 9.17) is 14.2 Å². The van der Waals surface area contributed by atoms with Gasteiger partial charge in [-0.3, -0.25) is 0 Å². The predicted octanol–water partition coefficient (Wildman–Crippen LogP) is 3.88. The number of nitrogens with one attached hydrogen (secondary N) is 1. The lowest BCUT2D eigenvalue weighted by Gasteiger charge is -2.29. The fourth-order valence-corrected chi connectivity index (χ4v) is 4.02. The number of hydrogen-bond acceptors (Lipinski definition) is 5. The van der Waals surface area contributed by atoms with Crippen molar-refractivity contribution >= 4 is 16.7 Å². The molecule has 1 heterocycles. The second kappa shape index (κ2) is 7.52. The summed E-state index contributed by atoms with van der Waals surface area (Å²) in [7, 11) is 4.71. The van der Waals surface area contributed by atoms with Crippen LogP contribution >= 0.6 is 0 Å². The molecule has 1 aliphatic rings. The standard InChI is InChI=1S/C23H23NO4/c1-26-20-12-14-10-11-24-22(19(14)13-21(20)27-2)17-8-9-18(23(25)28-3)16-7-5-4-6-15(16)17/h4-9,12-13,22,24H,10-11H2,1-3H3. The van der Waals surface area contributed by atoms with Crippen molar-refractivity contribution in [2.24, 2.45) is 0 Å². The van der Waals surface area contributed by atoms with Crippen molar-refractivity contribution in [2.45, 2.75) is 12.5 Å². The molecule has 4 rings (SSSR count). The van der Waals surface area contributed by atoms with Crippen LogP contribution in [0.2, 0.25) is 0 Å². The van der Waals surface area contributed by atoms with E-state index < -0.39 is 0 Å². The lowest BCUT2D eigenvalue weighted by molar-refractivity contribution is 0.0603. The molecule has 1 aliphatic heterocycles. The van der Waals surface area contributed by atoms with Crippen molar-refractivity contribution in [1.82, 2.24) is 5.32 Å².